The van der Waals surface area contributed by atoms with Gasteiger partial charge < -0.3 is 25.2 Å². The number of hydrogen-bond donors (Lipinski definition) is 2. The second-order valence-corrected chi connectivity index (χ2v) is 9.63. The summed E-state index contributed by atoms with van der Waals surface area (Å²) in [7, 11) is 2.15. The molecule has 1 unspecified atom stereocenters. The second-order valence-electron chi connectivity index (χ2n) is 9.63. The minimum Gasteiger partial charge on any atom is -0.406 e. The number of alkyl halides is 3. The first-order valence-corrected chi connectivity index (χ1v) is 12.1. The van der Waals surface area contributed by atoms with Gasteiger partial charge in [-0.2, -0.15) is 0 Å². The van der Waals surface area contributed by atoms with E-state index >= 15 is 0 Å². The predicted molar refractivity (Wildman–Crippen MR) is 126 cm³/mol. The second kappa shape index (κ2) is 9.56. The Balaban J connectivity index is 1.20. The zero-order valence-corrected chi connectivity index (χ0v) is 19.6. The van der Waals surface area contributed by atoms with E-state index in [0.717, 1.165) is 50.3 Å². The Labute approximate surface area is 202 Å². The summed E-state index contributed by atoms with van der Waals surface area (Å²) in [6, 6.07) is 5.11. The van der Waals surface area contributed by atoms with Crippen LogP contribution >= 0.6 is 0 Å². The Bertz CT molecular complexity index is 1030. The molecule has 2 fully saturated rings. The zero-order valence-electron chi connectivity index (χ0n) is 19.6. The molecular weight excluding hydrogens is 459 g/mol. The Kier molecular flexibility index (Phi) is 6.48. The Morgan fingerprint density at radius 1 is 1.03 bits per heavy atom. The fourth-order valence-electron chi connectivity index (χ4n) is 5.33. The molecule has 2 saturated heterocycles. The number of ether oxygens (including phenoxy) is 1. The molecule has 0 aromatic heterocycles. The van der Waals surface area contributed by atoms with Gasteiger partial charge in [0.15, 0.2) is 6.17 Å². The van der Waals surface area contributed by atoms with Gasteiger partial charge in [-0.25, -0.2) is 4.99 Å². The number of rotatable bonds is 4. The molecule has 4 aliphatic heterocycles. The molecule has 4 heterocycles. The highest BCUT2D eigenvalue weighted by atomic mass is 19.4. The molecule has 35 heavy (non-hydrogen) atoms. The number of amides is 1. The number of benzene rings is 1. The van der Waals surface area contributed by atoms with Crippen LogP contribution in [0.5, 0.6) is 5.75 Å². The van der Waals surface area contributed by atoms with Crippen LogP contribution in [-0.2, 0) is 0 Å². The number of dihydropyridines is 1. The summed E-state index contributed by atoms with van der Waals surface area (Å²) >= 11 is 0. The van der Waals surface area contributed by atoms with Gasteiger partial charge in [0.2, 0.25) is 0 Å². The van der Waals surface area contributed by atoms with Crippen LogP contribution in [0, 0.1) is 11.8 Å². The molecule has 5 rings (SSSR count). The predicted octanol–water partition coefficient (Wildman–Crippen LogP) is 3.48. The molecule has 188 valence electrons. The van der Waals surface area contributed by atoms with Gasteiger partial charge in [-0.15, -0.1) is 13.2 Å². The van der Waals surface area contributed by atoms with Crippen molar-refractivity contribution in [3.8, 4) is 5.75 Å². The lowest BCUT2D eigenvalue weighted by Gasteiger charge is -2.34. The maximum atomic E-state index is 12.9. The van der Waals surface area contributed by atoms with Crippen molar-refractivity contribution in [2.45, 2.75) is 38.2 Å². The van der Waals surface area contributed by atoms with Gasteiger partial charge in [-0.05, 0) is 93.9 Å². The summed E-state index contributed by atoms with van der Waals surface area (Å²) in [4.78, 5) is 22.0. The number of amidine groups is 1. The third kappa shape index (κ3) is 5.32. The monoisotopic (exact) mass is 489 g/mol. The minimum absolute atomic E-state index is 0.0678. The van der Waals surface area contributed by atoms with Crippen molar-refractivity contribution in [3.05, 3.63) is 53.4 Å². The summed E-state index contributed by atoms with van der Waals surface area (Å²) in [5, 5.41) is 6.98. The quantitative estimate of drug-likeness (QED) is 0.678. The van der Waals surface area contributed by atoms with Crippen molar-refractivity contribution in [1.29, 1.82) is 0 Å². The normalized spacial score (nSPS) is 24.1. The smallest absolute Gasteiger partial charge is 0.406 e. The van der Waals surface area contributed by atoms with Crippen LogP contribution in [0.1, 0.15) is 36.0 Å². The van der Waals surface area contributed by atoms with Crippen LogP contribution in [0.2, 0.25) is 0 Å². The molecule has 0 radical (unpaired) electrons. The van der Waals surface area contributed by atoms with E-state index in [2.05, 4.69) is 33.4 Å². The van der Waals surface area contributed by atoms with Gasteiger partial charge in [0, 0.05) is 24.6 Å². The van der Waals surface area contributed by atoms with E-state index in [9.17, 15) is 18.0 Å². The van der Waals surface area contributed by atoms with Crippen LogP contribution in [0.15, 0.2) is 52.8 Å². The summed E-state index contributed by atoms with van der Waals surface area (Å²) in [5.41, 5.74) is 2.74. The number of nitrogens with one attached hydrogen (secondary N) is 2. The maximum absolute atomic E-state index is 12.9. The number of allylic oxidation sites excluding steroid dienone is 2. The summed E-state index contributed by atoms with van der Waals surface area (Å²) < 4.78 is 41.0. The number of carbonyl (C=O) groups excluding carboxylic acids is 1. The molecule has 0 aliphatic carbocycles. The average molecular weight is 490 g/mol. The van der Waals surface area contributed by atoms with Gasteiger partial charge in [-0.1, -0.05) is 0 Å². The van der Waals surface area contributed by atoms with Gasteiger partial charge in [0.1, 0.15) is 11.6 Å². The number of aliphatic imine (C=N–C) groups is 1. The largest absolute Gasteiger partial charge is 0.573 e. The summed E-state index contributed by atoms with van der Waals surface area (Å²) in [5.74, 6) is 1.35. The van der Waals surface area contributed by atoms with Crippen molar-refractivity contribution in [2.24, 2.45) is 16.8 Å². The van der Waals surface area contributed by atoms with Crippen LogP contribution in [-0.4, -0.2) is 67.3 Å². The van der Waals surface area contributed by atoms with Crippen LogP contribution in [0.3, 0.4) is 0 Å². The van der Waals surface area contributed by atoms with Gasteiger partial charge in [0.25, 0.3) is 5.91 Å². The molecule has 4 aliphatic rings. The molecule has 7 nitrogen and oxygen atoms in total. The van der Waals surface area contributed by atoms with E-state index in [0.29, 0.717) is 30.5 Å². The first-order chi connectivity index (χ1) is 16.8. The molecule has 0 spiro atoms. The molecular formula is C25H30F3N5O2. The third-order valence-corrected chi connectivity index (χ3v) is 7.29. The molecule has 1 atom stereocenters. The lowest BCUT2D eigenvalue weighted by atomic mass is 9.86. The molecule has 1 amide bonds. The lowest BCUT2D eigenvalue weighted by Crippen LogP contribution is -2.41. The molecule has 10 heteroatoms. The van der Waals surface area contributed by atoms with E-state index in [-0.39, 0.29) is 17.8 Å². The van der Waals surface area contributed by atoms with Gasteiger partial charge >= 0.3 is 6.36 Å². The van der Waals surface area contributed by atoms with Crippen molar-refractivity contribution in [3.63, 3.8) is 0 Å². The van der Waals surface area contributed by atoms with E-state index in [1.807, 2.05) is 6.20 Å². The number of carbonyl (C=O) groups is 1. The van der Waals surface area contributed by atoms with Crippen molar-refractivity contribution < 1.29 is 22.7 Å². The number of fused-ring (bicyclic) bond motifs is 1. The highest BCUT2D eigenvalue weighted by Gasteiger charge is 2.35. The van der Waals surface area contributed by atoms with Crippen LogP contribution in [0.4, 0.5) is 13.2 Å². The first kappa shape index (κ1) is 23.7. The lowest BCUT2D eigenvalue weighted by molar-refractivity contribution is -0.274. The van der Waals surface area contributed by atoms with Gasteiger partial charge in [0.05, 0.1) is 5.70 Å². The topological polar surface area (TPSA) is 69.2 Å². The minimum atomic E-state index is -4.75. The first-order valence-electron chi connectivity index (χ1n) is 12.1. The zero-order chi connectivity index (χ0) is 24.6. The fraction of sp³-hybridized carbons (Fsp3) is 0.520. The maximum Gasteiger partial charge on any atom is 0.573 e. The number of nitrogens with zero attached hydrogens (tertiary/aromatic N) is 3. The van der Waals surface area contributed by atoms with Crippen molar-refractivity contribution >= 4 is 11.7 Å². The Morgan fingerprint density at radius 2 is 1.69 bits per heavy atom. The highest BCUT2D eigenvalue weighted by Crippen LogP contribution is 2.33. The molecule has 0 saturated carbocycles. The molecule has 1 aromatic rings. The van der Waals surface area contributed by atoms with Crippen molar-refractivity contribution in [1.82, 2.24) is 20.4 Å². The Morgan fingerprint density at radius 3 is 2.34 bits per heavy atom. The van der Waals surface area contributed by atoms with E-state index < -0.39 is 6.36 Å². The van der Waals surface area contributed by atoms with Crippen LogP contribution in [0.25, 0.3) is 0 Å². The summed E-state index contributed by atoms with van der Waals surface area (Å²) in [6.07, 6.45) is 3.12. The average Bonchev–Trinajstić information content (AvgIpc) is 3.28. The fourth-order valence-corrected chi connectivity index (χ4v) is 5.33. The van der Waals surface area contributed by atoms with Crippen molar-refractivity contribution in [2.75, 3.05) is 33.2 Å². The van der Waals surface area contributed by atoms with Gasteiger partial charge in [-0.3, -0.25) is 4.79 Å². The van der Waals surface area contributed by atoms with Crippen LogP contribution < -0.4 is 15.4 Å². The number of halogens is 3. The molecule has 2 N–H and O–H groups in total. The van der Waals surface area contributed by atoms with E-state index in [4.69, 9.17) is 4.99 Å². The third-order valence-electron chi connectivity index (χ3n) is 7.29. The number of likely N-dealkylation sites (tertiary alicyclic amines) is 2. The molecule has 0 bridgehead atoms. The summed E-state index contributed by atoms with van der Waals surface area (Å²) in [6.45, 7) is 3.35. The van der Waals surface area contributed by atoms with E-state index in [1.54, 1.807) is 4.90 Å². The Hall–Kier alpha value is -3.01. The highest BCUT2D eigenvalue weighted by molar-refractivity contribution is 5.94. The number of hydrogen-bond acceptors (Lipinski definition) is 6. The SMILES string of the molecule is CN1CCC(C2=NC3NC=CC(C4CCN(C(=O)c5ccc(OC(F)(F)F)cc5)CC4)=C3N2)CC1. The molecule has 1 aromatic carbocycles. The van der Waals surface area contributed by atoms with E-state index in [1.165, 1.54) is 29.8 Å². The standard InChI is InChI=1S/C25H30F3N5O2/c1-32-12-7-17(8-13-32)22-30-21-20(6-11-29-23(21)31-22)16-9-14-33(15-10-16)24(34)18-2-4-19(5-3-18)35-25(26,27)28/h2-6,11,16-17,23,29H,7-10,12-15H2,1H3,(H,30,31). The number of piperidine rings is 2.